The Hall–Kier alpha value is -5.30. The van der Waals surface area contributed by atoms with Gasteiger partial charge in [-0.3, -0.25) is 9.55 Å². The minimum atomic E-state index is 0.0330. The number of ether oxygens (including phenoxy) is 1. The summed E-state index contributed by atoms with van der Waals surface area (Å²) in [4.78, 5) is 9.04. The molecule has 0 aliphatic heterocycles. The summed E-state index contributed by atoms with van der Waals surface area (Å²) >= 11 is 0. The van der Waals surface area contributed by atoms with Gasteiger partial charge in [0, 0.05) is 47.1 Å². The van der Waals surface area contributed by atoms with Crippen LogP contribution in [-0.4, -0.2) is 29.5 Å². The van der Waals surface area contributed by atoms with E-state index in [1.165, 1.54) is 10.9 Å². The summed E-state index contributed by atoms with van der Waals surface area (Å²) in [5.41, 5.74) is 6.45. The molecule has 0 aliphatic rings. The summed E-state index contributed by atoms with van der Waals surface area (Å²) in [6.45, 7) is 6.73. The van der Waals surface area contributed by atoms with E-state index in [-0.39, 0.29) is 5.41 Å². The highest BCUT2D eigenvalue weighted by Gasteiger charge is 2.19. The van der Waals surface area contributed by atoms with Crippen molar-refractivity contribution < 1.29 is 4.74 Å². The Bertz CT molecular complexity index is 1990. The first-order chi connectivity index (χ1) is 19.9. The minimum Gasteiger partial charge on any atom is -0.457 e. The Morgan fingerprint density at radius 1 is 0.707 bits per heavy atom. The van der Waals surface area contributed by atoms with Gasteiger partial charge in [0.05, 0.1) is 29.1 Å². The molecule has 4 heterocycles. The number of fused-ring (bicyclic) bond motifs is 3. The van der Waals surface area contributed by atoms with Crippen molar-refractivity contribution in [3.05, 3.63) is 121 Å². The van der Waals surface area contributed by atoms with Gasteiger partial charge in [-0.05, 0) is 77.2 Å². The number of nitrogens with zero attached hydrogens (tertiary/aromatic N) is 6. The molecule has 0 atom stereocenters. The molecular weight excluding hydrogens is 508 g/mol. The van der Waals surface area contributed by atoms with E-state index < -0.39 is 0 Å². The van der Waals surface area contributed by atoms with Gasteiger partial charge in [-0.25, -0.2) is 9.67 Å². The van der Waals surface area contributed by atoms with Crippen molar-refractivity contribution in [2.24, 2.45) is 0 Å². The Morgan fingerprint density at radius 3 is 2.32 bits per heavy atom. The van der Waals surface area contributed by atoms with E-state index in [1.807, 2.05) is 54.9 Å². The first kappa shape index (κ1) is 24.7. The third-order valence-corrected chi connectivity index (χ3v) is 7.33. The molecule has 0 spiro atoms. The maximum Gasteiger partial charge on any atom is 0.137 e. The predicted molar refractivity (Wildman–Crippen MR) is 162 cm³/mol. The molecule has 3 aromatic carbocycles. The molecule has 200 valence electrons. The smallest absolute Gasteiger partial charge is 0.137 e. The zero-order chi connectivity index (χ0) is 28.0. The second-order valence-electron chi connectivity index (χ2n) is 11.1. The van der Waals surface area contributed by atoms with Gasteiger partial charge in [-0.15, -0.1) is 5.10 Å². The van der Waals surface area contributed by atoms with Crippen LogP contribution >= 0.6 is 0 Å². The maximum absolute atomic E-state index is 6.37. The lowest BCUT2D eigenvalue weighted by molar-refractivity contribution is 0.482. The van der Waals surface area contributed by atoms with Gasteiger partial charge in [0.1, 0.15) is 17.3 Å². The first-order valence-corrected chi connectivity index (χ1v) is 13.5. The van der Waals surface area contributed by atoms with Gasteiger partial charge in [-0.1, -0.05) is 38.1 Å². The van der Waals surface area contributed by atoms with Crippen LogP contribution in [0.3, 0.4) is 0 Å². The zero-order valence-electron chi connectivity index (χ0n) is 23.1. The highest BCUT2D eigenvalue weighted by molar-refractivity contribution is 6.09. The number of rotatable bonds is 5. The van der Waals surface area contributed by atoms with E-state index in [4.69, 9.17) is 9.72 Å². The van der Waals surface area contributed by atoms with Crippen LogP contribution in [0.4, 0.5) is 0 Å². The monoisotopic (exact) mass is 536 g/mol. The molecule has 4 aromatic heterocycles. The van der Waals surface area contributed by atoms with Crippen molar-refractivity contribution in [1.82, 2.24) is 29.5 Å². The normalized spacial score (nSPS) is 11.8. The van der Waals surface area contributed by atoms with E-state index >= 15 is 0 Å². The Morgan fingerprint density at radius 2 is 1.56 bits per heavy atom. The molecule has 0 N–H and O–H groups in total. The Kier molecular flexibility index (Phi) is 5.86. The van der Waals surface area contributed by atoms with Crippen LogP contribution in [0, 0.1) is 0 Å². The lowest BCUT2D eigenvalue weighted by Gasteiger charge is -2.19. The SMILES string of the molecule is CC(C)(C)c1ccc2c(c1)c1ccc(Oc3cccc(-n4ccnn4)c3)cc1n2-c1ccc(-c2ccncc2)cn1. The lowest BCUT2D eigenvalue weighted by Crippen LogP contribution is -2.10. The summed E-state index contributed by atoms with van der Waals surface area (Å²) in [5.74, 6) is 2.30. The summed E-state index contributed by atoms with van der Waals surface area (Å²) in [6.07, 6.45) is 8.98. The molecule has 7 aromatic rings. The van der Waals surface area contributed by atoms with Gasteiger partial charge in [0.2, 0.25) is 0 Å². The van der Waals surface area contributed by atoms with Crippen LogP contribution in [0.15, 0.2) is 116 Å². The fraction of sp³-hybridized carbons (Fsp3) is 0.118. The van der Waals surface area contributed by atoms with Crippen LogP contribution in [-0.2, 0) is 5.41 Å². The number of benzene rings is 3. The summed E-state index contributed by atoms with van der Waals surface area (Å²) in [6, 6.07) is 29.0. The lowest BCUT2D eigenvalue weighted by atomic mass is 9.86. The number of aromatic nitrogens is 6. The third-order valence-electron chi connectivity index (χ3n) is 7.33. The topological polar surface area (TPSA) is 70.7 Å². The predicted octanol–water partition coefficient (Wildman–Crippen LogP) is 7.91. The summed E-state index contributed by atoms with van der Waals surface area (Å²) in [5, 5.41) is 10.3. The number of pyridine rings is 2. The van der Waals surface area contributed by atoms with Gasteiger partial charge in [0.25, 0.3) is 0 Å². The highest BCUT2D eigenvalue weighted by Crippen LogP contribution is 2.37. The van der Waals surface area contributed by atoms with Gasteiger partial charge < -0.3 is 4.74 Å². The first-order valence-electron chi connectivity index (χ1n) is 13.5. The van der Waals surface area contributed by atoms with Crippen LogP contribution in [0.2, 0.25) is 0 Å². The maximum atomic E-state index is 6.37. The van der Waals surface area contributed by atoms with E-state index in [9.17, 15) is 0 Å². The van der Waals surface area contributed by atoms with E-state index in [1.54, 1.807) is 23.3 Å². The van der Waals surface area contributed by atoms with Gasteiger partial charge >= 0.3 is 0 Å². The van der Waals surface area contributed by atoms with Crippen LogP contribution in [0.25, 0.3) is 44.4 Å². The molecule has 7 rings (SSSR count). The average Bonchev–Trinajstić information content (AvgIpc) is 3.64. The quantitative estimate of drug-likeness (QED) is 0.224. The molecule has 0 saturated heterocycles. The molecule has 7 heteroatoms. The molecule has 7 nitrogen and oxygen atoms in total. The fourth-order valence-corrected chi connectivity index (χ4v) is 5.18. The molecule has 41 heavy (non-hydrogen) atoms. The average molecular weight is 537 g/mol. The van der Waals surface area contributed by atoms with Crippen molar-refractivity contribution in [3.63, 3.8) is 0 Å². The van der Waals surface area contributed by atoms with Crippen LogP contribution < -0.4 is 4.74 Å². The molecule has 0 saturated carbocycles. The van der Waals surface area contributed by atoms with E-state index in [0.717, 1.165) is 50.6 Å². The minimum absolute atomic E-state index is 0.0330. The largest absolute Gasteiger partial charge is 0.457 e. The van der Waals surface area contributed by atoms with Crippen molar-refractivity contribution in [3.8, 4) is 34.1 Å². The Labute approximate surface area is 237 Å². The van der Waals surface area contributed by atoms with E-state index in [2.05, 4.69) is 83.1 Å². The second-order valence-corrected chi connectivity index (χ2v) is 11.1. The van der Waals surface area contributed by atoms with Gasteiger partial charge in [0.15, 0.2) is 0 Å². The Balaban J connectivity index is 1.36. The highest BCUT2D eigenvalue weighted by atomic mass is 16.5. The van der Waals surface area contributed by atoms with Crippen molar-refractivity contribution in [1.29, 1.82) is 0 Å². The molecule has 0 fully saturated rings. The summed E-state index contributed by atoms with van der Waals surface area (Å²) < 4.78 is 10.3. The molecule has 0 unspecified atom stereocenters. The molecule has 0 radical (unpaired) electrons. The van der Waals surface area contributed by atoms with E-state index in [0.29, 0.717) is 0 Å². The molecule has 0 aliphatic carbocycles. The number of hydrogen-bond donors (Lipinski definition) is 0. The number of hydrogen-bond acceptors (Lipinski definition) is 5. The van der Waals surface area contributed by atoms with Crippen molar-refractivity contribution in [2.45, 2.75) is 26.2 Å². The molecular formula is C34H28N6O. The summed E-state index contributed by atoms with van der Waals surface area (Å²) in [7, 11) is 0. The zero-order valence-corrected chi connectivity index (χ0v) is 23.1. The standard InChI is InChI=1S/C34H28N6O/c1-34(2,3)25-8-11-31-30(19-25)29-10-9-28(41-27-6-4-5-26(20-27)39-18-17-37-38-39)21-32(29)40(31)33-12-7-24(22-36-33)23-13-15-35-16-14-23/h4-22H,1-3H3. The van der Waals surface area contributed by atoms with Crippen molar-refractivity contribution in [2.75, 3.05) is 0 Å². The second kappa shape index (κ2) is 9.71. The molecule has 0 amide bonds. The van der Waals surface area contributed by atoms with Crippen LogP contribution in [0.1, 0.15) is 26.3 Å². The third kappa shape index (κ3) is 4.61. The molecule has 0 bridgehead atoms. The van der Waals surface area contributed by atoms with Gasteiger partial charge in [-0.2, -0.15) is 0 Å². The van der Waals surface area contributed by atoms with Crippen molar-refractivity contribution >= 4 is 21.8 Å². The fourth-order valence-electron chi connectivity index (χ4n) is 5.18. The van der Waals surface area contributed by atoms with Crippen LogP contribution in [0.5, 0.6) is 11.5 Å².